The van der Waals surface area contributed by atoms with Gasteiger partial charge in [-0.1, -0.05) is 0 Å². The number of rotatable bonds is 3. The Morgan fingerprint density at radius 1 is 1.33 bits per heavy atom. The predicted octanol–water partition coefficient (Wildman–Crippen LogP) is 0.283. The summed E-state index contributed by atoms with van der Waals surface area (Å²) in [5.74, 6) is 0.581. The highest BCUT2D eigenvalue weighted by molar-refractivity contribution is 6.02. The van der Waals surface area contributed by atoms with Crippen molar-refractivity contribution >= 4 is 11.3 Å². The van der Waals surface area contributed by atoms with Crippen molar-refractivity contribution in [3.05, 3.63) is 42.5 Å². The molecule has 0 radical (unpaired) electrons. The number of nitrogens with zero attached hydrogens (tertiary/aromatic N) is 6. The van der Waals surface area contributed by atoms with Gasteiger partial charge < -0.3 is 0 Å². The Morgan fingerprint density at radius 2 is 2.22 bits per heavy atom. The van der Waals surface area contributed by atoms with Crippen LogP contribution in [0.2, 0.25) is 0 Å². The van der Waals surface area contributed by atoms with Crippen LogP contribution in [-0.2, 0) is 13.5 Å². The molecule has 0 saturated heterocycles. The summed E-state index contributed by atoms with van der Waals surface area (Å²) in [4.78, 5) is 20.2. The molecular weight excluding hydrogens is 232 g/mol. The molecule has 0 fully saturated rings. The highest BCUT2D eigenvalue weighted by Crippen LogP contribution is 2.11. The second-order valence-corrected chi connectivity index (χ2v) is 3.86. The molecule has 0 bridgehead atoms. The number of carbonyl (C=O) groups is 1. The zero-order valence-electron chi connectivity index (χ0n) is 9.69. The van der Waals surface area contributed by atoms with E-state index in [1.54, 1.807) is 41.0 Å². The molecule has 3 rings (SSSR count). The van der Waals surface area contributed by atoms with Crippen LogP contribution in [-0.4, -0.2) is 35.1 Å². The minimum absolute atomic E-state index is 0.0471. The first kappa shape index (κ1) is 10.6. The topological polar surface area (TPSA) is 78.0 Å². The highest BCUT2D eigenvalue weighted by Gasteiger charge is 2.15. The molecule has 0 N–H and O–H groups in total. The van der Waals surface area contributed by atoms with Crippen LogP contribution in [0.1, 0.15) is 16.2 Å². The number of carbonyl (C=O) groups excluding carboxylic acids is 1. The first-order valence-corrected chi connectivity index (χ1v) is 5.39. The lowest BCUT2D eigenvalue weighted by Gasteiger charge is -1.99. The summed E-state index contributed by atoms with van der Waals surface area (Å²) in [6, 6.07) is 0. The van der Waals surface area contributed by atoms with Crippen LogP contribution in [0.25, 0.3) is 5.52 Å². The first-order chi connectivity index (χ1) is 8.75. The molecule has 90 valence electrons. The molecule has 0 aliphatic heterocycles. The van der Waals surface area contributed by atoms with Gasteiger partial charge in [0, 0.05) is 19.4 Å². The van der Waals surface area contributed by atoms with E-state index < -0.39 is 0 Å². The van der Waals surface area contributed by atoms with Gasteiger partial charge >= 0.3 is 0 Å². The standard InChI is InChI=1S/C11H10N6O/c1-16-11(13-7-15-16)4-10(18)8-5-14-17-3-2-12-6-9(8)17/h2-3,5-7H,4H2,1H3. The Bertz CT molecular complexity index is 713. The van der Waals surface area contributed by atoms with Crippen molar-refractivity contribution in [3.63, 3.8) is 0 Å². The summed E-state index contributed by atoms with van der Waals surface area (Å²) < 4.78 is 3.21. The SMILES string of the molecule is Cn1ncnc1CC(=O)c1cnn2ccncc12. The lowest BCUT2D eigenvalue weighted by Crippen LogP contribution is -2.09. The largest absolute Gasteiger partial charge is 0.294 e. The zero-order valence-corrected chi connectivity index (χ0v) is 9.69. The average Bonchev–Trinajstić information content (AvgIpc) is 2.96. The molecule has 0 aliphatic carbocycles. The first-order valence-electron chi connectivity index (χ1n) is 5.39. The summed E-state index contributed by atoms with van der Waals surface area (Å²) in [6.45, 7) is 0. The van der Waals surface area contributed by atoms with Crippen molar-refractivity contribution in [1.82, 2.24) is 29.4 Å². The van der Waals surface area contributed by atoms with Gasteiger partial charge in [-0.05, 0) is 0 Å². The quantitative estimate of drug-likeness (QED) is 0.616. The number of Topliss-reactive ketones (excluding diaryl/α,β-unsaturated/α-hetero) is 1. The molecule has 0 aliphatic rings. The van der Waals surface area contributed by atoms with E-state index in [1.165, 1.54) is 6.33 Å². The number of aryl methyl sites for hydroxylation is 1. The third kappa shape index (κ3) is 1.65. The predicted molar refractivity (Wildman–Crippen MR) is 62.0 cm³/mol. The minimum atomic E-state index is -0.0471. The fourth-order valence-corrected chi connectivity index (χ4v) is 1.77. The maximum atomic E-state index is 12.2. The Kier molecular flexibility index (Phi) is 2.36. The highest BCUT2D eigenvalue weighted by atomic mass is 16.1. The molecule has 0 unspecified atom stereocenters. The van der Waals surface area contributed by atoms with Crippen LogP contribution in [0.5, 0.6) is 0 Å². The van der Waals surface area contributed by atoms with E-state index in [2.05, 4.69) is 20.2 Å². The Hall–Kier alpha value is -2.57. The molecule has 18 heavy (non-hydrogen) atoms. The number of hydrogen-bond donors (Lipinski definition) is 0. The smallest absolute Gasteiger partial charge is 0.174 e. The second-order valence-electron chi connectivity index (χ2n) is 3.86. The number of hydrogen-bond acceptors (Lipinski definition) is 5. The van der Waals surface area contributed by atoms with Crippen molar-refractivity contribution in [2.75, 3.05) is 0 Å². The van der Waals surface area contributed by atoms with E-state index in [4.69, 9.17) is 0 Å². The Labute approximate surface area is 102 Å². The third-order valence-corrected chi connectivity index (χ3v) is 2.75. The van der Waals surface area contributed by atoms with Crippen LogP contribution in [0.3, 0.4) is 0 Å². The van der Waals surface area contributed by atoms with Crippen LogP contribution in [0.4, 0.5) is 0 Å². The number of ketones is 1. The van der Waals surface area contributed by atoms with Crippen molar-refractivity contribution in [3.8, 4) is 0 Å². The molecule has 3 heterocycles. The monoisotopic (exact) mass is 242 g/mol. The van der Waals surface area contributed by atoms with Gasteiger partial charge in [-0.2, -0.15) is 10.2 Å². The second kappa shape index (κ2) is 4.02. The molecule has 3 aromatic rings. The molecule has 0 saturated carbocycles. The Morgan fingerprint density at radius 3 is 3.00 bits per heavy atom. The van der Waals surface area contributed by atoms with Crippen LogP contribution in [0.15, 0.2) is 31.1 Å². The van der Waals surface area contributed by atoms with Gasteiger partial charge in [0.2, 0.25) is 0 Å². The molecular formula is C11H10N6O. The van der Waals surface area contributed by atoms with Crippen molar-refractivity contribution in [2.24, 2.45) is 7.05 Å². The Balaban J connectivity index is 1.95. The molecule has 0 spiro atoms. The lowest BCUT2D eigenvalue weighted by atomic mass is 10.1. The van der Waals surface area contributed by atoms with Crippen molar-refractivity contribution in [2.45, 2.75) is 6.42 Å². The van der Waals surface area contributed by atoms with Gasteiger partial charge in [-0.15, -0.1) is 0 Å². The van der Waals surface area contributed by atoms with E-state index in [1.807, 2.05) is 0 Å². The van der Waals surface area contributed by atoms with Crippen LogP contribution in [0, 0.1) is 0 Å². The number of fused-ring (bicyclic) bond motifs is 1. The van der Waals surface area contributed by atoms with Gasteiger partial charge in [0.15, 0.2) is 5.78 Å². The third-order valence-electron chi connectivity index (χ3n) is 2.75. The van der Waals surface area contributed by atoms with Gasteiger partial charge in [-0.25, -0.2) is 9.50 Å². The van der Waals surface area contributed by atoms with E-state index in [-0.39, 0.29) is 12.2 Å². The maximum Gasteiger partial charge on any atom is 0.174 e. The van der Waals surface area contributed by atoms with Gasteiger partial charge in [0.1, 0.15) is 12.2 Å². The van der Waals surface area contributed by atoms with E-state index in [0.29, 0.717) is 16.9 Å². The molecule has 3 aromatic heterocycles. The van der Waals surface area contributed by atoms with Gasteiger partial charge in [-0.3, -0.25) is 14.5 Å². The molecule has 7 nitrogen and oxygen atoms in total. The van der Waals surface area contributed by atoms with Gasteiger partial charge in [0.05, 0.1) is 29.9 Å². The normalized spacial score (nSPS) is 10.9. The molecule has 7 heteroatoms. The fraction of sp³-hybridized carbons (Fsp3) is 0.182. The van der Waals surface area contributed by atoms with Gasteiger partial charge in [0.25, 0.3) is 0 Å². The minimum Gasteiger partial charge on any atom is -0.294 e. The van der Waals surface area contributed by atoms with E-state index >= 15 is 0 Å². The maximum absolute atomic E-state index is 12.2. The average molecular weight is 242 g/mol. The lowest BCUT2D eigenvalue weighted by molar-refractivity contribution is 0.0991. The van der Waals surface area contributed by atoms with E-state index in [9.17, 15) is 4.79 Å². The summed E-state index contributed by atoms with van der Waals surface area (Å²) in [7, 11) is 1.76. The van der Waals surface area contributed by atoms with Crippen LogP contribution < -0.4 is 0 Å². The zero-order chi connectivity index (χ0) is 12.5. The summed E-state index contributed by atoms with van der Waals surface area (Å²) in [6.07, 6.45) is 8.13. The summed E-state index contributed by atoms with van der Waals surface area (Å²) in [5.41, 5.74) is 1.25. The van der Waals surface area contributed by atoms with Crippen LogP contribution >= 0.6 is 0 Å². The molecule has 0 atom stereocenters. The fourth-order valence-electron chi connectivity index (χ4n) is 1.77. The summed E-state index contributed by atoms with van der Waals surface area (Å²) >= 11 is 0. The summed E-state index contributed by atoms with van der Waals surface area (Å²) in [5, 5.41) is 8.04. The van der Waals surface area contributed by atoms with Crippen molar-refractivity contribution in [1.29, 1.82) is 0 Å². The molecule has 0 amide bonds. The van der Waals surface area contributed by atoms with Crippen molar-refractivity contribution < 1.29 is 4.79 Å². The molecule has 0 aromatic carbocycles. The number of aromatic nitrogens is 6. The van der Waals surface area contributed by atoms with E-state index in [0.717, 1.165) is 0 Å².